The zero-order chi connectivity index (χ0) is 20.2. The number of rotatable bonds is 7. The summed E-state index contributed by atoms with van der Waals surface area (Å²) < 4.78 is 0. The van der Waals surface area contributed by atoms with Gasteiger partial charge in [0.25, 0.3) is 5.91 Å². The summed E-state index contributed by atoms with van der Waals surface area (Å²) in [7, 11) is 0. The standard InChI is InChI=1S/C21H27N5O2S/c1-15-22-19(14-29-15)12-25-7-9-26(10-8-25)13-20(27)23-18-4-2-3-16(11-18)21(28)24-17-5-6-17/h2-4,11,14,17H,5-10,12-13H2,1H3,(H,23,27)(H,24,28). The van der Waals surface area contributed by atoms with Crippen LogP contribution in [-0.2, 0) is 11.3 Å². The molecule has 2 heterocycles. The molecule has 1 saturated heterocycles. The second kappa shape index (κ2) is 9.02. The highest BCUT2D eigenvalue weighted by Crippen LogP contribution is 2.20. The molecular weight excluding hydrogens is 386 g/mol. The van der Waals surface area contributed by atoms with Gasteiger partial charge in [-0.15, -0.1) is 11.3 Å². The number of hydrogen-bond donors (Lipinski definition) is 2. The van der Waals surface area contributed by atoms with Crippen LogP contribution in [0, 0.1) is 6.92 Å². The number of thiazole rings is 1. The Balaban J connectivity index is 1.22. The van der Waals surface area contributed by atoms with E-state index in [2.05, 4.69) is 30.8 Å². The number of aryl methyl sites for hydroxylation is 1. The Kier molecular flexibility index (Phi) is 6.22. The van der Waals surface area contributed by atoms with Gasteiger partial charge in [0, 0.05) is 55.4 Å². The third-order valence-electron chi connectivity index (χ3n) is 5.21. The molecule has 1 aromatic carbocycles. The van der Waals surface area contributed by atoms with Gasteiger partial charge in [0.1, 0.15) is 0 Å². The number of aromatic nitrogens is 1. The molecule has 0 atom stereocenters. The number of piperazine rings is 1. The monoisotopic (exact) mass is 413 g/mol. The van der Waals surface area contributed by atoms with Crippen molar-refractivity contribution in [2.24, 2.45) is 0 Å². The molecule has 7 nitrogen and oxygen atoms in total. The van der Waals surface area contributed by atoms with Gasteiger partial charge in [-0.25, -0.2) is 4.98 Å². The second-order valence-corrected chi connectivity index (χ2v) is 8.85. The fourth-order valence-corrected chi connectivity index (χ4v) is 4.06. The van der Waals surface area contributed by atoms with Crippen molar-refractivity contribution in [2.45, 2.75) is 32.4 Å². The average molecular weight is 414 g/mol. The summed E-state index contributed by atoms with van der Waals surface area (Å²) in [6.45, 7) is 6.85. The predicted octanol–water partition coefficient (Wildman–Crippen LogP) is 2.10. The number of amides is 2. The van der Waals surface area contributed by atoms with E-state index >= 15 is 0 Å². The minimum absolute atomic E-state index is 0.0478. The number of benzene rings is 1. The van der Waals surface area contributed by atoms with Crippen LogP contribution in [0.25, 0.3) is 0 Å². The van der Waals surface area contributed by atoms with Crippen molar-refractivity contribution in [3.63, 3.8) is 0 Å². The van der Waals surface area contributed by atoms with E-state index in [4.69, 9.17) is 0 Å². The van der Waals surface area contributed by atoms with Gasteiger partial charge >= 0.3 is 0 Å². The molecule has 2 aromatic rings. The fourth-order valence-electron chi connectivity index (χ4n) is 3.45. The van der Waals surface area contributed by atoms with E-state index < -0.39 is 0 Å². The van der Waals surface area contributed by atoms with E-state index in [1.54, 1.807) is 29.5 Å². The summed E-state index contributed by atoms with van der Waals surface area (Å²) in [5, 5.41) is 9.12. The molecule has 2 fully saturated rings. The molecule has 1 aliphatic carbocycles. The van der Waals surface area contributed by atoms with Gasteiger partial charge in [0.2, 0.25) is 5.91 Å². The summed E-state index contributed by atoms with van der Waals surface area (Å²) in [6, 6.07) is 7.45. The summed E-state index contributed by atoms with van der Waals surface area (Å²) in [5.41, 5.74) is 2.38. The van der Waals surface area contributed by atoms with Crippen LogP contribution in [0.1, 0.15) is 33.9 Å². The Bertz CT molecular complexity index is 871. The van der Waals surface area contributed by atoms with E-state index in [9.17, 15) is 9.59 Å². The molecule has 0 unspecified atom stereocenters. The van der Waals surface area contributed by atoms with Crippen molar-refractivity contribution in [3.8, 4) is 0 Å². The maximum atomic E-state index is 12.4. The first kappa shape index (κ1) is 20.0. The lowest BCUT2D eigenvalue weighted by Gasteiger charge is -2.33. The number of anilines is 1. The quantitative estimate of drug-likeness (QED) is 0.727. The molecule has 8 heteroatoms. The predicted molar refractivity (Wildman–Crippen MR) is 114 cm³/mol. The van der Waals surface area contributed by atoms with Crippen LogP contribution in [0.2, 0.25) is 0 Å². The molecule has 0 bridgehead atoms. The van der Waals surface area contributed by atoms with Gasteiger partial charge in [0.05, 0.1) is 17.2 Å². The van der Waals surface area contributed by atoms with Crippen molar-refractivity contribution >= 4 is 28.8 Å². The van der Waals surface area contributed by atoms with Crippen molar-refractivity contribution in [2.75, 3.05) is 38.0 Å². The highest BCUT2D eigenvalue weighted by molar-refractivity contribution is 7.09. The van der Waals surface area contributed by atoms with Gasteiger partial charge in [-0.3, -0.25) is 19.4 Å². The molecule has 1 aliphatic heterocycles. The maximum Gasteiger partial charge on any atom is 0.251 e. The van der Waals surface area contributed by atoms with Gasteiger partial charge in [-0.2, -0.15) is 0 Å². The molecule has 4 rings (SSSR count). The molecule has 2 N–H and O–H groups in total. The van der Waals surface area contributed by atoms with Crippen LogP contribution < -0.4 is 10.6 Å². The molecule has 2 aliphatic rings. The highest BCUT2D eigenvalue weighted by atomic mass is 32.1. The van der Waals surface area contributed by atoms with E-state index in [1.807, 2.05) is 13.0 Å². The molecule has 2 amide bonds. The van der Waals surface area contributed by atoms with Crippen molar-refractivity contribution < 1.29 is 9.59 Å². The number of carbonyl (C=O) groups excluding carboxylic acids is 2. The number of nitrogens with one attached hydrogen (secondary N) is 2. The van der Waals surface area contributed by atoms with Gasteiger partial charge < -0.3 is 10.6 Å². The minimum atomic E-state index is -0.0740. The number of nitrogens with zero attached hydrogens (tertiary/aromatic N) is 3. The molecule has 154 valence electrons. The minimum Gasteiger partial charge on any atom is -0.349 e. The summed E-state index contributed by atoms with van der Waals surface area (Å²) in [4.78, 5) is 33.7. The zero-order valence-electron chi connectivity index (χ0n) is 16.7. The van der Waals surface area contributed by atoms with Crippen LogP contribution in [0.3, 0.4) is 0 Å². The Morgan fingerprint density at radius 3 is 2.62 bits per heavy atom. The third kappa shape index (κ3) is 5.85. The van der Waals surface area contributed by atoms with Crippen molar-refractivity contribution in [3.05, 3.63) is 45.9 Å². The molecule has 0 spiro atoms. The Morgan fingerprint density at radius 2 is 1.93 bits per heavy atom. The van der Waals surface area contributed by atoms with Crippen molar-refractivity contribution in [1.82, 2.24) is 20.1 Å². The second-order valence-electron chi connectivity index (χ2n) is 7.79. The fraction of sp³-hybridized carbons (Fsp3) is 0.476. The first-order chi connectivity index (χ1) is 14.0. The SMILES string of the molecule is Cc1nc(CN2CCN(CC(=O)Nc3cccc(C(=O)NC4CC4)c3)CC2)cs1. The number of carbonyl (C=O) groups is 2. The first-order valence-corrected chi connectivity index (χ1v) is 11.0. The molecular formula is C21H27N5O2S. The number of hydrogen-bond acceptors (Lipinski definition) is 6. The Morgan fingerprint density at radius 1 is 1.17 bits per heavy atom. The molecule has 1 aromatic heterocycles. The van der Waals surface area contributed by atoms with Crippen LogP contribution in [0.4, 0.5) is 5.69 Å². The topological polar surface area (TPSA) is 77.6 Å². The summed E-state index contributed by atoms with van der Waals surface area (Å²) >= 11 is 1.69. The average Bonchev–Trinajstić information content (AvgIpc) is 3.42. The molecule has 0 radical (unpaired) electrons. The van der Waals surface area contributed by atoms with Gasteiger partial charge in [-0.05, 0) is 38.0 Å². The zero-order valence-corrected chi connectivity index (χ0v) is 17.5. The summed E-state index contributed by atoms with van der Waals surface area (Å²) in [5.74, 6) is -0.122. The van der Waals surface area contributed by atoms with Gasteiger partial charge in [-0.1, -0.05) is 6.07 Å². The lowest BCUT2D eigenvalue weighted by Crippen LogP contribution is -2.48. The van der Waals surface area contributed by atoms with E-state index in [0.29, 0.717) is 23.8 Å². The smallest absolute Gasteiger partial charge is 0.251 e. The van der Waals surface area contributed by atoms with E-state index in [1.165, 1.54) is 0 Å². The Hall–Kier alpha value is -2.29. The Labute approximate surface area is 175 Å². The normalized spacial score (nSPS) is 17.8. The van der Waals surface area contributed by atoms with Gasteiger partial charge in [0.15, 0.2) is 0 Å². The van der Waals surface area contributed by atoms with Crippen LogP contribution in [0.5, 0.6) is 0 Å². The maximum absolute atomic E-state index is 12.4. The molecule has 29 heavy (non-hydrogen) atoms. The van der Waals surface area contributed by atoms with Crippen LogP contribution in [0.15, 0.2) is 29.6 Å². The lowest BCUT2D eigenvalue weighted by molar-refractivity contribution is -0.117. The third-order valence-corrected chi connectivity index (χ3v) is 6.03. The lowest BCUT2D eigenvalue weighted by atomic mass is 10.2. The van der Waals surface area contributed by atoms with E-state index in [-0.39, 0.29) is 11.8 Å². The highest BCUT2D eigenvalue weighted by Gasteiger charge is 2.24. The first-order valence-electron chi connectivity index (χ1n) is 10.1. The summed E-state index contributed by atoms with van der Waals surface area (Å²) in [6.07, 6.45) is 2.11. The van der Waals surface area contributed by atoms with Crippen molar-refractivity contribution in [1.29, 1.82) is 0 Å². The largest absolute Gasteiger partial charge is 0.349 e. The molecule has 1 saturated carbocycles. The van der Waals surface area contributed by atoms with Crippen LogP contribution >= 0.6 is 11.3 Å². The van der Waals surface area contributed by atoms with Crippen LogP contribution in [-0.4, -0.2) is 65.4 Å². The van der Waals surface area contributed by atoms with E-state index in [0.717, 1.165) is 56.3 Å².